The van der Waals surface area contributed by atoms with Crippen LogP contribution in [0.25, 0.3) is 0 Å². The minimum Gasteiger partial charge on any atom is -0.502 e. The van der Waals surface area contributed by atoms with Crippen LogP contribution in [0.2, 0.25) is 0 Å². The minimum atomic E-state index is -1.94. The van der Waals surface area contributed by atoms with Crippen LogP contribution in [0, 0.1) is 26.1 Å². The zero-order valence-electron chi connectivity index (χ0n) is 40.5. The maximum Gasteiger partial charge on any atom is 0.328 e. The fourth-order valence-corrected chi connectivity index (χ4v) is 8.15. The monoisotopic (exact) mass is 1020 g/mol. The maximum absolute atomic E-state index is 14.9. The molecule has 5 atom stereocenters. The number of aliphatic carboxylic acids is 1. The number of hydrogen-bond donors (Lipinski definition) is 7. The first-order valence-electron chi connectivity index (χ1n) is 23.9. The van der Waals surface area contributed by atoms with Crippen LogP contribution in [0.15, 0.2) is 84.9 Å². The molecule has 2 aliphatic rings. The number of phenols is 1. The Morgan fingerprint density at radius 3 is 2.11 bits per heavy atom. The summed E-state index contributed by atoms with van der Waals surface area (Å²) in [5, 5.41) is 57.3. The largest absolute Gasteiger partial charge is 0.502 e. The number of amides is 4. The molecule has 4 bridgehead atoms. The van der Waals surface area contributed by atoms with Gasteiger partial charge in [-0.15, -0.1) is 12.4 Å². The molecule has 0 saturated carbocycles. The van der Waals surface area contributed by atoms with E-state index in [1.54, 1.807) is 30.3 Å². The number of phenolic OH excluding ortho intramolecular Hbond substituents is 1. The predicted octanol–water partition coefficient (Wildman–Crippen LogP) is 8.00. The van der Waals surface area contributed by atoms with Gasteiger partial charge < -0.3 is 46.7 Å². The van der Waals surface area contributed by atoms with Gasteiger partial charge in [0.05, 0.1) is 21.9 Å². The number of aromatic hydroxyl groups is 1. The highest BCUT2D eigenvalue weighted by molar-refractivity contribution is 5.94. The van der Waals surface area contributed by atoms with Gasteiger partial charge >= 0.3 is 11.7 Å². The van der Waals surface area contributed by atoms with E-state index in [9.17, 15) is 54.4 Å². The van der Waals surface area contributed by atoms with Gasteiger partial charge in [-0.05, 0) is 65.8 Å². The molecule has 4 amide bonds. The Bertz CT molecular complexity index is 2510. The van der Waals surface area contributed by atoms with E-state index in [-0.39, 0.29) is 66.6 Å². The van der Waals surface area contributed by atoms with Gasteiger partial charge in [-0.1, -0.05) is 109 Å². The summed E-state index contributed by atoms with van der Waals surface area (Å²) in [5.74, 6) is -6.98. The molecule has 21 heteroatoms. The summed E-state index contributed by atoms with van der Waals surface area (Å²) in [6, 6.07) is 11.5. The molecule has 4 aromatic carbocycles. The number of carboxylic acids is 1. The quantitative estimate of drug-likeness (QED) is 0.0210. The van der Waals surface area contributed by atoms with Crippen molar-refractivity contribution in [1.29, 1.82) is 0 Å². The summed E-state index contributed by atoms with van der Waals surface area (Å²) in [4.78, 5) is 92.5. The Hall–Kier alpha value is -7.32. The highest BCUT2D eigenvalue weighted by Crippen LogP contribution is 2.45. The Balaban J connectivity index is 0.0000112. The van der Waals surface area contributed by atoms with Gasteiger partial charge in [0.2, 0.25) is 35.1 Å². The first kappa shape index (κ1) is 57.3. The lowest BCUT2D eigenvalue weighted by Gasteiger charge is -2.30. The summed E-state index contributed by atoms with van der Waals surface area (Å²) in [6.07, 6.45) is 8.36. The molecule has 2 heterocycles. The lowest BCUT2D eigenvalue weighted by atomic mass is 9.96. The minimum absolute atomic E-state index is 0. The first-order chi connectivity index (χ1) is 33.9. The molecule has 6 rings (SSSR count). The number of unbranched alkanes of at least 4 members (excludes halogenated alkanes) is 8. The molecule has 0 fully saturated rings. The average Bonchev–Trinajstić information content (AvgIpc) is 3.33. The molecule has 388 valence electrons. The summed E-state index contributed by atoms with van der Waals surface area (Å²) < 4.78 is 12.0. The van der Waals surface area contributed by atoms with E-state index in [0.29, 0.717) is 18.4 Å². The Morgan fingerprint density at radius 1 is 0.847 bits per heavy atom. The van der Waals surface area contributed by atoms with Crippen LogP contribution in [-0.4, -0.2) is 73.8 Å². The molecule has 0 radical (unpaired) electrons. The number of nitrogens with zero attached hydrogens (tertiary/aromatic N) is 2. The van der Waals surface area contributed by atoms with Crippen molar-refractivity contribution in [2.45, 2.75) is 134 Å². The van der Waals surface area contributed by atoms with E-state index in [1.165, 1.54) is 30.7 Å². The zero-order valence-corrected chi connectivity index (χ0v) is 41.3. The van der Waals surface area contributed by atoms with Gasteiger partial charge in [-0.2, -0.15) is 0 Å². The van der Waals surface area contributed by atoms with Crippen molar-refractivity contribution in [2.75, 3.05) is 0 Å². The summed E-state index contributed by atoms with van der Waals surface area (Å²) in [5.41, 5.74) is 5.86. The Kier molecular flexibility index (Phi) is 22.2. The standard InChI is InChI=1S/C51H63N7O13.ClH/c1-4-5-6-7-8-9-10-11-15-18-44(59)55-46(51(64)65)45-34-29-42(70-36-22-20-35(21-23-36)57(66)67)47(60)43(30-34)71-41-24-19-33(28-40(41)58(68)69)27-39(53-48(61)37(52)25-31(2)3)49(62)54-38(50(63)56-45)26-32-16-13-12-14-17-32;/h12-14,16-17,19-24,28-31,37-39,45-46,60H,4-11,15,18,25-27,52H2,1-3H3,(H,53,61)(H,54,62)(H,55,59)(H,56,63)(H,64,65);1H/t37-,38+,39-,45-,46-;/m1./s1. The number of carbonyl (C=O) groups excluding carboxylic acids is 4. The van der Waals surface area contributed by atoms with E-state index < -0.39 is 98.3 Å². The highest BCUT2D eigenvalue weighted by atomic mass is 35.5. The van der Waals surface area contributed by atoms with E-state index in [2.05, 4.69) is 28.2 Å². The van der Waals surface area contributed by atoms with Crippen molar-refractivity contribution in [3.05, 3.63) is 122 Å². The number of nitro groups is 2. The van der Waals surface area contributed by atoms with Crippen molar-refractivity contribution in [2.24, 2.45) is 11.7 Å². The number of nitro benzene ring substituents is 2. The number of nitrogens with one attached hydrogen (secondary N) is 4. The topological polar surface area (TPSA) is 305 Å². The lowest BCUT2D eigenvalue weighted by molar-refractivity contribution is -0.385. The number of ether oxygens (including phenoxy) is 2. The van der Waals surface area contributed by atoms with Crippen LogP contribution < -0.4 is 36.5 Å². The van der Waals surface area contributed by atoms with E-state index in [1.807, 2.05) is 13.8 Å². The van der Waals surface area contributed by atoms with E-state index in [4.69, 9.17) is 15.2 Å². The van der Waals surface area contributed by atoms with Crippen molar-refractivity contribution in [1.82, 2.24) is 21.3 Å². The second-order valence-electron chi connectivity index (χ2n) is 18.1. The van der Waals surface area contributed by atoms with Crippen LogP contribution in [0.3, 0.4) is 0 Å². The van der Waals surface area contributed by atoms with Crippen molar-refractivity contribution in [3.63, 3.8) is 0 Å². The number of fused-ring (bicyclic) bond motifs is 9. The Morgan fingerprint density at radius 2 is 1.50 bits per heavy atom. The van der Waals surface area contributed by atoms with E-state index in [0.717, 1.165) is 68.9 Å². The number of carbonyl (C=O) groups is 5. The van der Waals surface area contributed by atoms with Gasteiger partial charge in [-0.3, -0.25) is 39.4 Å². The molecule has 0 aliphatic carbocycles. The molecular formula is C51H64ClN7O13. The molecule has 72 heavy (non-hydrogen) atoms. The molecule has 0 unspecified atom stereocenters. The number of hydrogen-bond acceptors (Lipinski definition) is 13. The van der Waals surface area contributed by atoms with Crippen LogP contribution in [-0.2, 0) is 36.8 Å². The second-order valence-corrected chi connectivity index (χ2v) is 18.1. The van der Waals surface area contributed by atoms with Crippen LogP contribution >= 0.6 is 12.4 Å². The predicted molar refractivity (Wildman–Crippen MR) is 269 cm³/mol. The maximum atomic E-state index is 14.9. The number of benzene rings is 4. The van der Waals surface area contributed by atoms with Crippen LogP contribution in [0.4, 0.5) is 11.4 Å². The number of halogens is 1. The second kappa shape index (κ2) is 27.9. The van der Waals surface area contributed by atoms with Crippen molar-refractivity contribution < 1.29 is 53.5 Å². The average molecular weight is 1020 g/mol. The smallest absolute Gasteiger partial charge is 0.328 e. The molecule has 4 aromatic rings. The van der Waals surface area contributed by atoms with Gasteiger partial charge in [0, 0.05) is 37.5 Å². The lowest BCUT2D eigenvalue weighted by Crippen LogP contribution is -2.58. The van der Waals surface area contributed by atoms with Crippen molar-refractivity contribution in [3.8, 4) is 28.7 Å². The molecule has 20 nitrogen and oxygen atoms in total. The molecule has 2 aliphatic heterocycles. The molecule has 0 aromatic heterocycles. The number of nitrogens with two attached hydrogens (primary N) is 1. The third-order valence-electron chi connectivity index (χ3n) is 11.9. The van der Waals surface area contributed by atoms with Crippen molar-refractivity contribution >= 4 is 53.4 Å². The van der Waals surface area contributed by atoms with Gasteiger partial charge in [-0.25, -0.2) is 4.79 Å². The van der Waals surface area contributed by atoms with E-state index >= 15 is 0 Å². The van der Waals surface area contributed by atoms with Crippen LogP contribution in [0.1, 0.15) is 114 Å². The third kappa shape index (κ3) is 16.9. The summed E-state index contributed by atoms with van der Waals surface area (Å²) in [7, 11) is 0. The van der Waals surface area contributed by atoms with Gasteiger partial charge in [0.15, 0.2) is 17.5 Å². The molecule has 0 saturated heterocycles. The SMILES string of the molecule is CCCCCCCCCCCC(=O)N[C@@H](C(=O)O)[C@@H]1NC(=O)[C@H](Cc2ccccc2)NC(=O)[C@H](NC(=O)[C@H](N)CC(C)C)Cc2ccc(c([N+](=O)[O-])c2)Oc2cc1cc(Oc1ccc([N+](=O)[O-])cc1)c2O.Cl. The molecule has 8 N–H and O–H groups in total. The first-order valence-corrected chi connectivity index (χ1v) is 23.9. The fraction of sp³-hybridized carbons (Fsp3) is 0.431. The van der Waals surface area contributed by atoms with Gasteiger partial charge in [0.1, 0.15) is 17.8 Å². The number of carboxylic acid groups (broad SMARTS) is 1. The number of rotatable bonds is 23. The van der Waals surface area contributed by atoms with Crippen LogP contribution in [0.5, 0.6) is 28.7 Å². The summed E-state index contributed by atoms with van der Waals surface area (Å²) in [6.45, 7) is 5.86. The molecular weight excluding hydrogens is 954 g/mol. The highest BCUT2D eigenvalue weighted by Gasteiger charge is 2.37. The normalized spacial score (nSPS) is 16.5. The zero-order chi connectivity index (χ0) is 51.6. The summed E-state index contributed by atoms with van der Waals surface area (Å²) >= 11 is 0. The van der Waals surface area contributed by atoms with Gasteiger partial charge in [0.25, 0.3) is 5.69 Å². The fourth-order valence-electron chi connectivity index (χ4n) is 8.15. The third-order valence-corrected chi connectivity index (χ3v) is 11.9. The Labute approximate surface area is 423 Å². The molecule has 0 spiro atoms. The number of non-ortho nitro benzene ring substituents is 1.